The number of hydrogen-bond donors (Lipinski definition) is 1. The first-order valence-corrected chi connectivity index (χ1v) is 15.5. The average molecular weight is 593 g/mol. The van der Waals surface area contributed by atoms with Crippen LogP contribution in [0, 0.1) is 17.0 Å². The second kappa shape index (κ2) is 13.6. The second-order valence-electron chi connectivity index (χ2n) is 10.6. The Balaban J connectivity index is 1.70. The third kappa shape index (κ3) is 7.52. The van der Waals surface area contributed by atoms with E-state index in [2.05, 4.69) is 5.32 Å². The fraction of sp³-hybridized carbons (Fsp3) is 0.355. The molecule has 0 spiro atoms. The molecular weight excluding hydrogens is 556 g/mol. The van der Waals surface area contributed by atoms with Crippen molar-refractivity contribution in [2.75, 3.05) is 10.8 Å². The minimum atomic E-state index is -4.31. The number of non-ortho nitro benzene ring substituents is 1. The van der Waals surface area contributed by atoms with Crippen LogP contribution in [0.3, 0.4) is 0 Å². The molecule has 1 saturated carbocycles. The Hall–Kier alpha value is -4.25. The van der Waals surface area contributed by atoms with Crippen molar-refractivity contribution in [3.8, 4) is 0 Å². The second-order valence-corrected chi connectivity index (χ2v) is 12.5. The number of sulfonamides is 1. The highest BCUT2D eigenvalue weighted by Crippen LogP contribution is 2.28. The van der Waals surface area contributed by atoms with Gasteiger partial charge in [0.05, 0.1) is 15.5 Å². The molecule has 0 radical (unpaired) electrons. The van der Waals surface area contributed by atoms with Crippen molar-refractivity contribution in [1.82, 2.24) is 10.2 Å². The van der Waals surface area contributed by atoms with Gasteiger partial charge in [-0.15, -0.1) is 0 Å². The van der Waals surface area contributed by atoms with Gasteiger partial charge in [0.2, 0.25) is 11.8 Å². The minimum absolute atomic E-state index is 0.0313. The molecule has 1 aliphatic rings. The third-order valence-electron chi connectivity index (χ3n) is 7.49. The number of nitro benzene ring substituents is 1. The molecule has 1 fully saturated rings. The SMILES string of the molecule is Cc1cccc(CN(C(=O)CN(c2cccc([N+](=O)[O-])c2)S(=O)(=O)c2ccccc2)[C@@H](C)C(=O)NC2CCCCC2)c1. The monoisotopic (exact) mass is 592 g/mol. The summed E-state index contributed by atoms with van der Waals surface area (Å²) in [4.78, 5) is 39.6. The van der Waals surface area contributed by atoms with Crippen LogP contribution in [0.15, 0.2) is 83.8 Å². The maximum absolute atomic E-state index is 14.1. The fourth-order valence-electron chi connectivity index (χ4n) is 5.17. The first-order valence-electron chi connectivity index (χ1n) is 14.0. The Morgan fingerprint density at radius 2 is 1.67 bits per heavy atom. The molecule has 2 amide bonds. The van der Waals surface area contributed by atoms with Crippen molar-refractivity contribution in [2.24, 2.45) is 0 Å². The summed E-state index contributed by atoms with van der Waals surface area (Å²) in [6, 6.07) is 19.4. The number of aryl methyl sites for hydroxylation is 1. The van der Waals surface area contributed by atoms with Gasteiger partial charge in [-0.3, -0.25) is 24.0 Å². The van der Waals surface area contributed by atoms with E-state index >= 15 is 0 Å². The highest BCUT2D eigenvalue weighted by atomic mass is 32.2. The van der Waals surface area contributed by atoms with E-state index in [0.717, 1.165) is 53.6 Å². The van der Waals surface area contributed by atoms with Gasteiger partial charge in [0, 0.05) is 24.7 Å². The normalized spacial score (nSPS) is 14.5. The van der Waals surface area contributed by atoms with Gasteiger partial charge in [-0.05, 0) is 50.5 Å². The zero-order valence-electron chi connectivity index (χ0n) is 23.8. The molecule has 222 valence electrons. The zero-order chi connectivity index (χ0) is 30.3. The molecule has 3 aromatic carbocycles. The van der Waals surface area contributed by atoms with Gasteiger partial charge in [0.1, 0.15) is 12.6 Å². The quantitative estimate of drug-likeness (QED) is 0.247. The van der Waals surface area contributed by atoms with Crippen LogP contribution in [0.5, 0.6) is 0 Å². The molecule has 0 aliphatic heterocycles. The Labute approximate surface area is 246 Å². The van der Waals surface area contributed by atoms with Gasteiger partial charge in [-0.2, -0.15) is 0 Å². The number of nitrogens with zero attached hydrogens (tertiary/aromatic N) is 3. The van der Waals surface area contributed by atoms with Crippen LogP contribution in [0.25, 0.3) is 0 Å². The fourth-order valence-corrected chi connectivity index (χ4v) is 6.60. The topological polar surface area (TPSA) is 130 Å². The van der Waals surface area contributed by atoms with Crippen molar-refractivity contribution in [3.63, 3.8) is 0 Å². The molecule has 10 nitrogen and oxygen atoms in total. The van der Waals surface area contributed by atoms with E-state index in [0.29, 0.717) is 0 Å². The van der Waals surface area contributed by atoms with Crippen molar-refractivity contribution in [2.45, 2.75) is 69.5 Å². The van der Waals surface area contributed by atoms with E-state index in [1.807, 2.05) is 31.2 Å². The summed E-state index contributed by atoms with van der Waals surface area (Å²) in [6.45, 7) is 2.97. The lowest BCUT2D eigenvalue weighted by Crippen LogP contribution is -2.53. The van der Waals surface area contributed by atoms with E-state index in [1.54, 1.807) is 25.1 Å². The predicted molar refractivity (Wildman–Crippen MR) is 160 cm³/mol. The van der Waals surface area contributed by atoms with Gasteiger partial charge in [-0.1, -0.05) is 73.4 Å². The summed E-state index contributed by atoms with van der Waals surface area (Å²) in [7, 11) is -4.31. The summed E-state index contributed by atoms with van der Waals surface area (Å²) < 4.78 is 28.6. The number of carbonyl (C=O) groups is 2. The van der Waals surface area contributed by atoms with Gasteiger partial charge in [0.15, 0.2) is 0 Å². The maximum Gasteiger partial charge on any atom is 0.271 e. The van der Waals surface area contributed by atoms with Crippen LogP contribution in [-0.4, -0.2) is 48.7 Å². The number of nitro groups is 1. The van der Waals surface area contributed by atoms with Crippen molar-refractivity contribution >= 4 is 33.2 Å². The standard InChI is InChI=1S/C31H36N4O6S/c1-23-11-9-12-25(19-23)21-33(24(2)31(37)32-26-13-5-3-6-14-26)30(36)22-34(27-15-10-16-28(20-27)35(38)39)42(40,41)29-17-7-4-8-18-29/h4,7-12,15-20,24,26H,3,5-6,13-14,21-22H2,1-2H3,(H,32,37)/t24-/m0/s1. The van der Waals surface area contributed by atoms with Crippen LogP contribution in [0.2, 0.25) is 0 Å². The molecule has 1 aliphatic carbocycles. The number of rotatable bonds is 11. The van der Waals surface area contributed by atoms with E-state index in [-0.39, 0.29) is 34.8 Å². The van der Waals surface area contributed by atoms with Crippen LogP contribution in [-0.2, 0) is 26.2 Å². The molecule has 42 heavy (non-hydrogen) atoms. The Kier molecular flexibility index (Phi) is 9.95. The van der Waals surface area contributed by atoms with Crippen LogP contribution >= 0.6 is 0 Å². The molecule has 0 heterocycles. The molecule has 0 aromatic heterocycles. The van der Waals surface area contributed by atoms with Crippen molar-refractivity contribution in [1.29, 1.82) is 0 Å². The zero-order valence-corrected chi connectivity index (χ0v) is 24.6. The molecule has 0 saturated heterocycles. The summed E-state index contributed by atoms with van der Waals surface area (Å²) in [5.41, 5.74) is 1.42. The highest BCUT2D eigenvalue weighted by molar-refractivity contribution is 7.92. The molecule has 1 N–H and O–H groups in total. The first-order chi connectivity index (χ1) is 20.1. The average Bonchev–Trinajstić information content (AvgIpc) is 2.99. The molecular formula is C31H36N4O6S. The van der Waals surface area contributed by atoms with E-state index in [1.165, 1.54) is 35.2 Å². The van der Waals surface area contributed by atoms with Gasteiger partial charge < -0.3 is 10.2 Å². The lowest BCUT2D eigenvalue weighted by Gasteiger charge is -2.33. The number of amides is 2. The molecule has 11 heteroatoms. The van der Waals surface area contributed by atoms with E-state index in [9.17, 15) is 28.1 Å². The summed E-state index contributed by atoms with van der Waals surface area (Å²) in [6.07, 6.45) is 4.94. The smallest absolute Gasteiger partial charge is 0.271 e. The number of hydrogen-bond acceptors (Lipinski definition) is 6. The number of carbonyl (C=O) groups excluding carboxylic acids is 2. The summed E-state index contributed by atoms with van der Waals surface area (Å²) >= 11 is 0. The molecule has 0 bridgehead atoms. The van der Waals surface area contributed by atoms with Crippen molar-refractivity contribution < 1.29 is 22.9 Å². The molecule has 4 rings (SSSR count). The number of benzene rings is 3. The Morgan fingerprint density at radius 1 is 0.976 bits per heavy atom. The van der Waals surface area contributed by atoms with E-state index < -0.39 is 33.4 Å². The van der Waals surface area contributed by atoms with Gasteiger partial charge >= 0.3 is 0 Å². The summed E-state index contributed by atoms with van der Waals surface area (Å²) in [5, 5.41) is 14.6. The van der Waals surface area contributed by atoms with Crippen LogP contribution < -0.4 is 9.62 Å². The Bertz CT molecular complexity index is 1520. The molecule has 0 unspecified atom stereocenters. The predicted octanol–water partition coefficient (Wildman–Crippen LogP) is 4.96. The lowest BCUT2D eigenvalue weighted by atomic mass is 9.95. The highest BCUT2D eigenvalue weighted by Gasteiger charge is 2.33. The first kappa shape index (κ1) is 30.7. The third-order valence-corrected chi connectivity index (χ3v) is 9.28. The number of anilines is 1. The minimum Gasteiger partial charge on any atom is -0.352 e. The maximum atomic E-state index is 14.1. The molecule has 3 aromatic rings. The van der Waals surface area contributed by atoms with Gasteiger partial charge in [0.25, 0.3) is 15.7 Å². The van der Waals surface area contributed by atoms with Gasteiger partial charge in [-0.25, -0.2) is 8.42 Å². The van der Waals surface area contributed by atoms with Crippen molar-refractivity contribution in [3.05, 3.63) is 100 Å². The molecule has 1 atom stereocenters. The summed E-state index contributed by atoms with van der Waals surface area (Å²) in [5.74, 6) is -0.926. The van der Waals surface area contributed by atoms with Crippen LogP contribution in [0.1, 0.15) is 50.2 Å². The lowest BCUT2D eigenvalue weighted by molar-refractivity contribution is -0.384. The number of nitrogens with one attached hydrogen (secondary N) is 1. The Morgan fingerprint density at radius 3 is 2.33 bits per heavy atom. The van der Waals surface area contributed by atoms with E-state index in [4.69, 9.17) is 0 Å². The largest absolute Gasteiger partial charge is 0.352 e. The van der Waals surface area contributed by atoms with Crippen LogP contribution in [0.4, 0.5) is 11.4 Å².